The van der Waals surface area contributed by atoms with Crippen LogP contribution in [0.1, 0.15) is 30.4 Å². The maximum atomic E-state index is 14.8. The van der Waals surface area contributed by atoms with Crippen LogP contribution < -0.4 is 4.74 Å². The van der Waals surface area contributed by atoms with Crippen LogP contribution in [0.5, 0.6) is 5.75 Å². The maximum Gasteiger partial charge on any atom is 0.432 e. The third kappa shape index (κ3) is 3.83. The molecule has 0 aliphatic heterocycles. The van der Waals surface area contributed by atoms with Crippen molar-refractivity contribution in [3.8, 4) is 16.9 Å². The predicted octanol–water partition coefficient (Wildman–Crippen LogP) is 8.06. The number of allylic oxidation sites excluding steroid dienone is 2. The largest absolute Gasteiger partial charge is 0.432 e. The third-order valence-electron chi connectivity index (χ3n) is 6.76. The fourth-order valence-electron chi connectivity index (χ4n) is 4.98. The number of hydrogen-bond acceptors (Lipinski definition) is 1. The van der Waals surface area contributed by atoms with Crippen molar-refractivity contribution in [1.82, 2.24) is 0 Å². The van der Waals surface area contributed by atoms with Crippen molar-refractivity contribution in [2.24, 2.45) is 5.92 Å². The SMILES string of the molecule is Fc1cc(-c2ccc(OC(F)(F)c3c(F)cc([C@]45C=CC(CC4)C5)cc3F)c(F)c2F)cc(F)c1F. The van der Waals surface area contributed by atoms with Gasteiger partial charge in [-0.05, 0) is 72.7 Å². The highest BCUT2D eigenvalue weighted by atomic mass is 19.3. The lowest BCUT2D eigenvalue weighted by molar-refractivity contribution is -0.191. The monoisotopic (exact) mass is 514 g/mol. The van der Waals surface area contributed by atoms with Gasteiger partial charge in [-0.15, -0.1) is 0 Å². The highest BCUT2D eigenvalue weighted by Crippen LogP contribution is 2.51. The normalized spacial score (nSPS) is 20.9. The van der Waals surface area contributed by atoms with Gasteiger partial charge in [-0.3, -0.25) is 0 Å². The number of rotatable bonds is 5. The summed E-state index contributed by atoms with van der Waals surface area (Å²) in [5.41, 5.74) is -3.66. The van der Waals surface area contributed by atoms with Gasteiger partial charge in [0.05, 0.1) is 0 Å². The highest BCUT2D eigenvalue weighted by Gasteiger charge is 2.46. The molecule has 1 saturated carbocycles. The summed E-state index contributed by atoms with van der Waals surface area (Å²) in [6, 6.07) is 3.46. The van der Waals surface area contributed by atoms with E-state index in [4.69, 9.17) is 0 Å². The number of alkyl halides is 2. The summed E-state index contributed by atoms with van der Waals surface area (Å²) < 4.78 is 133. The van der Waals surface area contributed by atoms with Crippen LogP contribution in [-0.2, 0) is 11.5 Å². The smallest absolute Gasteiger partial charge is 0.425 e. The third-order valence-corrected chi connectivity index (χ3v) is 6.76. The highest BCUT2D eigenvalue weighted by molar-refractivity contribution is 5.65. The van der Waals surface area contributed by atoms with Gasteiger partial charge in [-0.1, -0.05) is 12.2 Å². The van der Waals surface area contributed by atoms with E-state index < -0.39 is 74.7 Å². The Hall–Kier alpha value is -3.43. The Morgan fingerprint density at radius 1 is 0.778 bits per heavy atom. The minimum absolute atomic E-state index is 0.189. The number of ether oxygens (including phenoxy) is 1. The summed E-state index contributed by atoms with van der Waals surface area (Å²) in [5.74, 6) is -13.5. The minimum Gasteiger partial charge on any atom is -0.425 e. The average molecular weight is 514 g/mol. The maximum absolute atomic E-state index is 14.8. The standard InChI is InChI=1S/C26H15F9O/c27-16-9-14(25-5-3-12(11-25)4-6-25)10-17(28)21(16)26(34,35)36-20-2-1-15(22(31)24(20)33)13-7-18(29)23(32)19(30)8-13/h1-3,5,7-10,12H,4,6,11H2/t12?,25-/m1/s1. The summed E-state index contributed by atoms with van der Waals surface area (Å²) in [6.45, 7) is 0. The number of benzene rings is 3. The summed E-state index contributed by atoms with van der Waals surface area (Å²) in [6.07, 6.45) is 0.994. The van der Waals surface area contributed by atoms with Gasteiger partial charge in [0.15, 0.2) is 29.0 Å². The topological polar surface area (TPSA) is 9.23 Å². The summed E-state index contributed by atoms with van der Waals surface area (Å²) in [4.78, 5) is 0. The van der Waals surface area contributed by atoms with E-state index in [9.17, 15) is 39.5 Å². The van der Waals surface area contributed by atoms with E-state index in [0.29, 0.717) is 37.1 Å². The molecule has 36 heavy (non-hydrogen) atoms. The lowest BCUT2D eigenvalue weighted by Crippen LogP contribution is -2.27. The Balaban J connectivity index is 1.47. The molecule has 0 spiro atoms. The molecule has 0 aromatic heterocycles. The second-order valence-electron chi connectivity index (χ2n) is 8.94. The van der Waals surface area contributed by atoms with Crippen LogP contribution in [0.2, 0.25) is 0 Å². The van der Waals surface area contributed by atoms with E-state index in [1.54, 1.807) is 0 Å². The van der Waals surface area contributed by atoms with Crippen LogP contribution in [0, 0.1) is 46.6 Å². The van der Waals surface area contributed by atoms with E-state index in [1.807, 2.05) is 12.2 Å². The van der Waals surface area contributed by atoms with Crippen LogP contribution in [0.4, 0.5) is 39.5 Å². The van der Waals surface area contributed by atoms with Crippen LogP contribution in [-0.4, -0.2) is 0 Å². The van der Waals surface area contributed by atoms with Crippen molar-refractivity contribution in [3.63, 3.8) is 0 Å². The molecule has 1 fully saturated rings. The Morgan fingerprint density at radius 3 is 1.94 bits per heavy atom. The van der Waals surface area contributed by atoms with Gasteiger partial charge in [0.25, 0.3) is 0 Å². The van der Waals surface area contributed by atoms with Crippen LogP contribution in [0.25, 0.3) is 11.1 Å². The van der Waals surface area contributed by atoms with Gasteiger partial charge in [-0.25, -0.2) is 26.3 Å². The lowest BCUT2D eigenvalue weighted by Gasteiger charge is -2.26. The lowest BCUT2D eigenvalue weighted by atomic mass is 9.80. The van der Waals surface area contributed by atoms with Gasteiger partial charge in [0, 0.05) is 11.0 Å². The Labute approximate surface area is 198 Å². The molecule has 0 radical (unpaired) electrons. The molecule has 2 aliphatic carbocycles. The first-order valence-corrected chi connectivity index (χ1v) is 10.8. The van der Waals surface area contributed by atoms with Gasteiger partial charge in [-0.2, -0.15) is 13.2 Å². The zero-order valence-electron chi connectivity index (χ0n) is 18.1. The summed E-state index contributed by atoms with van der Waals surface area (Å²) >= 11 is 0. The first-order valence-electron chi connectivity index (χ1n) is 10.8. The van der Waals surface area contributed by atoms with E-state index in [1.165, 1.54) is 0 Å². The van der Waals surface area contributed by atoms with E-state index in [0.717, 1.165) is 18.6 Å². The Morgan fingerprint density at radius 2 is 1.42 bits per heavy atom. The molecule has 2 bridgehead atoms. The first kappa shape index (κ1) is 24.3. The molecule has 188 valence electrons. The number of fused-ring (bicyclic) bond motifs is 2. The van der Waals surface area contributed by atoms with Gasteiger partial charge in [0.1, 0.15) is 17.2 Å². The van der Waals surface area contributed by atoms with Crippen molar-refractivity contribution >= 4 is 0 Å². The molecule has 1 nitrogen and oxygen atoms in total. The molecule has 0 heterocycles. The van der Waals surface area contributed by atoms with E-state index in [-0.39, 0.29) is 11.5 Å². The van der Waals surface area contributed by atoms with Crippen molar-refractivity contribution in [3.05, 3.63) is 100 Å². The quantitative estimate of drug-likeness (QED) is 0.190. The molecular formula is C26H15F9O. The van der Waals surface area contributed by atoms with Gasteiger partial charge >= 0.3 is 6.11 Å². The molecule has 2 atom stereocenters. The van der Waals surface area contributed by atoms with Crippen molar-refractivity contribution < 1.29 is 44.3 Å². The Kier molecular flexibility index (Phi) is 5.61. The number of hydrogen-bond donors (Lipinski definition) is 0. The van der Waals surface area contributed by atoms with E-state index in [2.05, 4.69) is 4.74 Å². The number of halogens is 9. The zero-order chi connectivity index (χ0) is 26.0. The molecule has 3 aromatic rings. The molecule has 0 amide bonds. The average Bonchev–Trinajstić information content (AvgIpc) is 3.42. The predicted molar refractivity (Wildman–Crippen MR) is 111 cm³/mol. The molecule has 2 aliphatic rings. The van der Waals surface area contributed by atoms with Crippen molar-refractivity contribution in [2.75, 3.05) is 0 Å². The minimum atomic E-state index is -4.75. The molecular weight excluding hydrogens is 499 g/mol. The summed E-state index contributed by atoms with van der Waals surface area (Å²) in [7, 11) is 0. The molecule has 0 N–H and O–H groups in total. The Bertz CT molecular complexity index is 1370. The van der Waals surface area contributed by atoms with Crippen LogP contribution in [0.3, 0.4) is 0 Å². The van der Waals surface area contributed by atoms with Crippen LogP contribution >= 0.6 is 0 Å². The molecule has 0 saturated heterocycles. The second-order valence-corrected chi connectivity index (χ2v) is 8.94. The van der Waals surface area contributed by atoms with Crippen molar-refractivity contribution in [2.45, 2.75) is 30.8 Å². The second kappa shape index (κ2) is 8.31. The van der Waals surface area contributed by atoms with E-state index >= 15 is 0 Å². The van der Waals surface area contributed by atoms with Crippen LogP contribution in [0.15, 0.2) is 48.6 Å². The first-order chi connectivity index (χ1) is 16.9. The van der Waals surface area contributed by atoms with Gasteiger partial charge in [0.2, 0.25) is 5.82 Å². The fourth-order valence-corrected chi connectivity index (χ4v) is 4.98. The molecule has 1 unspecified atom stereocenters. The zero-order valence-corrected chi connectivity index (χ0v) is 18.1. The molecule has 10 heteroatoms. The fraction of sp³-hybridized carbons (Fsp3) is 0.231. The van der Waals surface area contributed by atoms with Crippen molar-refractivity contribution in [1.29, 1.82) is 0 Å². The molecule has 3 aromatic carbocycles. The summed E-state index contributed by atoms with van der Waals surface area (Å²) in [5, 5.41) is 0. The molecule has 5 rings (SSSR count). The van der Waals surface area contributed by atoms with Gasteiger partial charge < -0.3 is 4.74 Å².